The molecule has 0 atom stereocenters. The Balaban J connectivity index is 3.16. The first-order chi connectivity index (χ1) is 4.34. The van der Waals surface area contributed by atoms with E-state index in [4.69, 9.17) is 0 Å². The summed E-state index contributed by atoms with van der Waals surface area (Å²) in [5.74, 6) is 0. The first-order valence-electron chi connectivity index (χ1n) is 2.42. The SMILES string of the molecule is CSc1ccn[nH]c1=O. The summed E-state index contributed by atoms with van der Waals surface area (Å²) < 4.78 is 0. The van der Waals surface area contributed by atoms with Crippen LogP contribution in [0, 0.1) is 0 Å². The van der Waals surface area contributed by atoms with E-state index in [9.17, 15) is 4.79 Å². The van der Waals surface area contributed by atoms with E-state index in [1.54, 1.807) is 12.3 Å². The minimum absolute atomic E-state index is 0.120. The van der Waals surface area contributed by atoms with Crippen molar-refractivity contribution in [3.05, 3.63) is 22.6 Å². The van der Waals surface area contributed by atoms with Gasteiger partial charge in [0.25, 0.3) is 5.56 Å². The highest BCUT2D eigenvalue weighted by Crippen LogP contribution is 2.04. The first-order valence-corrected chi connectivity index (χ1v) is 3.65. The molecule has 1 rings (SSSR count). The fourth-order valence-corrected chi connectivity index (χ4v) is 0.920. The van der Waals surface area contributed by atoms with Gasteiger partial charge in [-0.2, -0.15) is 5.10 Å². The zero-order chi connectivity index (χ0) is 6.69. The fourth-order valence-electron chi connectivity index (χ4n) is 0.492. The number of H-pyrrole nitrogens is 1. The molecule has 1 aromatic heterocycles. The van der Waals surface area contributed by atoms with E-state index in [0.29, 0.717) is 4.90 Å². The zero-order valence-corrected chi connectivity index (χ0v) is 5.73. The van der Waals surface area contributed by atoms with E-state index >= 15 is 0 Å². The van der Waals surface area contributed by atoms with Crippen LogP contribution in [0.3, 0.4) is 0 Å². The third kappa shape index (κ3) is 1.32. The molecule has 0 aliphatic rings. The Hall–Kier alpha value is -0.770. The number of aromatic nitrogens is 2. The standard InChI is InChI=1S/C5H6N2OS/c1-9-4-2-3-6-7-5(4)8/h2-3H,1H3,(H,7,8). The van der Waals surface area contributed by atoms with E-state index in [0.717, 1.165) is 0 Å². The number of rotatable bonds is 1. The molecule has 1 aromatic rings. The lowest BCUT2D eigenvalue weighted by atomic mass is 10.6. The Bertz CT molecular complexity index is 245. The normalized spacial score (nSPS) is 9.44. The molecule has 0 saturated carbocycles. The van der Waals surface area contributed by atoms with Crippen LogP contribution in [0.4, 0.5) is 0 Å². The van der Waals surface area contributed by atoms with Crippen molar-refractivity contribution in [3.8, 4) is 0 Å². The van der Waals surface area contributed by atoms with Crippen molar-refractivity contribution in [2.75, 3.05) is 6.26 Å². The third-order valence-electron chi connectivity index (χ3n) is 0.910. The molecule has 0 saturated heterocycles. The highest BCUT2D eigenvalue weighted by molar-refractivity contribution is 7.98. The van der Waals surface area contributed by atoms with Gasteiger partial charge in [-0.15, -0.1) is 11.8 Å². The maximum Gasteiger partial charge on any atom is 0.277 e. The molecule has 1 heterocycles. The van der Waals surface area contributed by atoms with Gasteiger partial charge >= 0.3 is 0 Å². The summed E-state index contributed by atoms with van der Waals surface area (Å²) in [7, 11) is 0. The first kappa shape index (κ1) is 6.35. The van der Waals surface area contributed by atoms with Crippen LogP contribution in [0.25, 0.3) is 0 Å². The largest absolute Gasteiger partial charge is 0.277 e. The maximum atomic E-state index is 10.7. The number of hydrogen-bond acceptors (Lipinski definition) is 3. The molecular formula is C5H6N2OS. The van der Waals surface area contributed by atoms with Gasteiger partial charge in [0.1, 0.15) is 0 Å². The molecule has 0 aliphatic heterocycles. The van der Waals surface area contributed by atoms with Crippen molar-refractivity contribution in [1.29, 1.82) is 0 Å². The van der Waals surface area contributed by atoms with Crippen LogP contribution < -0.4 is 5.56 Å². The number of hydrogen-bond donors (Lipinski definition) is 1. The second kappa shape index (κ2) is 2.68. The summed E-state index contributed by atoms with van der Waals surface area (Å²) in [6.07, 6.45) is 3.41. The molecule has 0 aromatic carbocycles. The third-order valence-corrected chi connectivity index (χ3v) is 1.67. The molecule has 9 heavy (non-hydrogen) atoms. The molecule has 0 fully saturated rings. The highest BCUT2D eigenvalue weighted by Gasteiger charge is 1.91. The predicted molar refractivity (Wildman–Crippen MR) is 36.6 cm³/mol. The summed E-state index contributed by atoms with van der Waals surface area (Å²) in [6.45, 7) is 0. The Morgan fingerprint density at radius 1 is 1.78 bits per heavy atom. The molecule has 0 aliphatic carbocycles. The molecule has 1 N–H and O–H groups in total. The molecule has 3 nitrogen and oxygen atoms in total. The lowest BCUT2D eigenvalue weighted by Gasteiger charge is -1.88. The molecule has 0 radical (unpaired) electrons. The lowest BCUT2D eigenvalue weighted by Crippen LogP contribution is -2.07. The molecule has 48 valence electrons. The predicted octanol–water partition coefficient (Wildman–Crippen LogP) is 0.492. The van der Waals surface area contributed by atoms with Crippen LogP contribution in [-0.4, -0.2) is 16.5 Å². The van der Waals surface area contributed by atoms with Crippen molar-refractivity contribution >= 4 is 11.8 Å². The van der Waals surface area contributed by atoms with Gasteiger partial charge in [-0.05, 0) is 12.3 Å². The smallest absolute Gasteiger partial charge is 0.267 e. The van der Waals surface area contributed by atoms with Gasteiger partial charge < -0.3 is 0 Å². The number of nitrogens with one attached hydrogen (secondary N) is 1. The van der Waals surface area contributed by atoms with Crippen molar-refractivity contribution < 1.29 is 0 Å². The summed E-state index contributed by atoms with van der Waals surface area (Å²) in [4.78, 5) is 11.4. The fraction of sp³-hybridized carbons (Fsp3) is 0.200. The molecule has 0 unspecified atom stereocenters. The average molecular weight is 142 g/mol. The van der Waals surface area contributed by atoms with Gasteiger partial charge in [0.2, 0.25) is 0 Å². The van der Waals surface area contributed by atoms with Gasteiger partial charge in [0.05, 0.1) is 4.90 Å². The molecular weight excluding hydrogens is 136 g/mol. The monoisotopic (exact) mass is 142 g/mol. The second-order valence-corrected chi connectivity index (χ2v) is 2.30. The summed E-state index contributed by atoms with van der Waals surface area (Å²) >= 11 is 1.41. The Labute approximate surface area is 56.5 Å². The zero-order valence-electron chi connectivity index (χ0n) is 4.92. The van der Waals surface area contributed by atoms with Crippen LogP contribution >= 0.6 is 11.8 Å². The lowest BCUT2D eigenvalue weighted by molar-refractivity contribution is 0.947. The quantitative estimate of drug-likeness (QED) is 0.580. The molecule has 0 spiro atoms. The van der Waals surface area contributed by atoms with Crippen molar-refractivity contribution in [2.24, 2.45) is 0 Å². The van der Waals surface area contributed by atoms with E-state index in [1.165, 1.54) is 11.8 Å². The molecule has 0 bridgehead atoms. The Morgan fingerprint density at radius 2 is 2.56 bits per heavy atom. The number of aromatic amines is 1. The van der Waals surface area contributed by atoms with Crippen molar-refractivity contribution in [2.45, 2.75) is 4.90 Å². The average Bonchev–Trinajstić information content (AvgIpc) is 1.89. The van der Waals surface area contributed by atoms with E-state index in [2.05, 4.69) is 10.2 Å². The van der Waals surface area contributed by atoms with Gasteiger partial charge in [0.15, 0.2) is 0 Å². The van der Waals surface area contributed by atoms with Gasteiger partial charge in [0, 0.05) is 6.20 Å². The van der Waals surface area contributed by atoms with Gasteiger partial charge in [-0.3, -0.25) is 4.79 Å². The topological polar surface area (TPSA) is 45.8 Å². The number of thioether (sulfide) groups is 1. The van der Waals surface area contributed by atoms with E-state index in [-0.39, 0.29) is 5.56 Å². The Morgan fingerprint density at radius 3 is 3.00 bits per heavy atom. The summed E-state index contributed by atoms with van der Waals surface area (Å²) in [5, 5.41) is 5.87. The van der Waals surface area contributed by atoms with Crippen LogP contribution in [0.1, 0.15) is 0 Å². The van der Waals surface area contributed by atoms with Gasteiger partial charge in [-0.1, -0.05) is 0 Å². The summed E-state index contributed by atoms with van der Waals surface area (Å²) in [6, 6.07) is 1.68. The van der Waals surface area contributed by atoms with Crippen LogP contribution in [0.15, 0.2) is 22.0 Å². The van der Waals surface area contributed by atoms with Crippen LogP contribution in [-0.2, 0) is 0 Å². The molecule has 0 amide bonds. The van der Waals surface area contributed by atoms with Crippen LogP contribution in [0.5, 0.6) is 0 Å². The summed E-state index contributed by atoms with van der Waals surface area (Å²) in [5.41, 5.74) is -0.120. The molecule has 4 heteroatoms. The minimum Gasteiger partial charge on any atom is -0.267 e. The Kier molecular flexibility index (Phi) is 1.89. The van der Waals surface area contributed by atoms with Crippen LogP contribution in [0.2, 0.25) is 0 Å². The minimum atomic E-state index is -0.120. The maximum absolute atomic E-state index is 10.7. The van der Waals surface area contributed by atoms with E-state index in [1.807, 2.05) is 6.26 Å². The van der Waals surface area contributed by atoms with Crippen molar-refractivity contribution in [1.82, 2.24) is 10.2 Å². The van der Waals surface area contributed by atoms with Crippen molar-refractivity contribution in [3.63, 3.8) is 0 Å². The highest BCUT2D eigenvalue weighted by atomic mass is 32.2. The number of nitrogens with zero attached hydrogens (tertiary/aromatic N) is 1. The second-order valence-electron chi connectivity index (χ2n) is 1.45. The van der Waals surface area contributed by atoms with Gasteiger partial charge in [-0.25, -0.2) is 5.10 Å². The van der Waals surface area contributed by atoms with E-state index < -0.39 is 0 Å².